The summed E-state index contributed by atoms with van der Waals surface area (Å²) in [4.78, 5) is 16.8. The van der Waals surface area contributed by atoms with Gasteiger partial charge in [-0.05, 0) is 30.3 Å². The zero-order valence-electron chi connectivity index (χ0n) is 15.1. The predicted octanol–water partition coefficient (Wildman–Crippen LogP) is 1.76. The number of carbonyl (C=O) groups is 1. The van der Waals surface area contributed by atoms with E-state index < -0.39 is 0 Å². The van der Waals surface area contributed by atoms with E-state index in [1.165, 1.54) is 5.69 Å². The molecule has 3 heterocycles. The van der Waals surface area contributed by atoms with Crippen molar-refractivity contribution in [3.05, 3.63) is 53.9 Å². The third kappa shape index (κ3) is 3.76. The molecule has 2 saturated heterocycles. The van der Waals surface area contributed by atoms with E-state index in [1.54, 1.807) is 0 Å². The SMILES string of the molecule is Cn1cccc1CN1CC(Oc2cccc(C(=O)N3CCOCC3)c2)C1. The van der Waals surface area contributed by atoms with E-state index in [2.05, 4.69) is 34.8 Å². The molecule has 2 aromatic rings. The number of rotatable bonds is 5. The summed E-state index contributed by atoms with van der Waals surface area (Å²) in [5, 5.41) is 0. The smallest absolute Gasteiger partial charge is 0.254 e. The number of nitrogens with zero attached hydrogens (tertiary/aromatic N) is 3. The topological polar surface area (TPSA) is 46.9 Å². The lowest BCUT2D eigenvalue weighted by atomic mass is 10.1. The third-order valence-corrected chi connectivity index (χ3v) is 5.04. The van der Waals surface area contributed by atoms with Crippen LogP contribution in [0.2, 0.25) is 0 Å². The molecule has 1 aromatic carbocycles. The van der Waals surface area contributed by atoms with Crippen LogP contribution >= 0.6 is 0 Å². The van der Waals surface area contributed by atoms with Crippen LogP contribution in [0.15, 0.2) is 42.6 Å². The Morgan fingerprint density at radius 1 is 1.19 bits per heavy atom. The summed E-state index contributed by atoms with van der Waals surface area (Å²) in [6, 6.07) is 11.7. The van der Waals surface area contributed by atoms with E-state index in [0.29, 0.717) is 31.9 Å². The first-order valence-corrected chi connectivity index (χ1v) is 9.15. The van der Waals surface area contributed by atoms with Gasteiger partial charge in [0.15, 0.2) is 0 Å². The third-order valence-electron chi connectivity index (χ3n) is 5.04. The first kappa shape index (κ1) is 17.1. The van der Waals surface area contributed by atoms with Crippen molar-refractivity contribution in [2.24, 2.45) is 7.05 Å². The van der Waals surface area contributed by atoms with Gasteiger partial charge >= 0.3 is 0 Å². The maximum Gasteiger partial charge on any atom is 0.254 e. The number of amides is 1. The highest BCUT2D eigenvalue weighted by Gasteiger charge is 2.29. The molecule has 0 bridgehead atoms. The molecule has 6 nitrogen and oxygen atoms in total. The zero-order chi connectivity index (χ0) is 17.9. The van der Waals surface area contributed by atoms with Crippen LogP contribution in [0.25, 0.3) is 0 Å². The highest BCUT2D eigenvalue weighted by atomic mass is 16.5. The fourth-order valence-electron chi connectivity index (χ4n) is 3.46. The summed E-state index contributed by atoms with van der Waals surface area (Å²) >= 11 is 0. The van der Waals surface area contributed by atoms with Crippen LogP contribution in [0.1, 0.15) is 16.1 Å². The molecule has 0 N–H and O–H groups in total. The Kier molecular flexibility index (Phi) is 4.95. The van der Waals surface area contributed by atoms with Crippen LogP contribution in [0.3, 0.4) is 0 Å². The molecular formula is C20H25N3O3. The van der Waals surface area contributed by atoms with Crippen molar-refractivity contribution in [2.45, 2.75) is 12.6 Å². The Balaban J connectivity index is 1.30. The Morgan fingerprint density at radius 3 is 2.73 bits per heavy atom. The van der Waals surface area contributed by atoms with Crippen molar-refractivity contribution in [3.8, 4) is 5.75 Å². The summed E-state index contributed by atoms with van der Waals surface area (Å²) in [7, 11) is 2.07. The van der Waals surface area contributed by atoms with Crippen molar-refractivity contribution in [3.63, 3.8) is 0 Å². The summed E-state index contributed by atoms with van der Waals surface area (Å²) in [5.74, 6) is 0.824. The number of hydrogen-bond acceptors (Lipinski definition) is 4. The van der Waals surface area contributed by atoms with Gasteiger partial charge in [0.1, 0.15) is 11.9 Å². The number of likely N-dealkylation sites (tertiary alicyclic amines) is 1. The summed E-state index contributed by atoms with van der Waals surface area (Å²) in [5.41, 5.74) is 1.99. The Bertz CT molecular complexity index is 761. The molecule has 0 spiro atoms. The van der Waals surface area contributed by atoms with Crippen LogP contribution in [0.4, 0.5) is 0 Å². The average molecular weight is 355 g/mol. The zero-order valence-corrected chi connectivity index (χ0v) is 15.1. The second-order valence-corrected chi connectivity index (χ2v) is 6.98. The Hall–Kier alpha value is -2.31. The first-order valence-electron chi connectivity index (χ1n) is 9.15. The van der Waals surface area contributed by atoms with Gasteiger partial charge in [-0.2, -0.15) is 0 Å². The maximum absolute atomic E-state index is 12.6. The van der Waals surface area contributed by atoms with Crippen molar-refractivity contribution in [1.29, 1.82) is 0 Å². The van der Waals surface area contributed by atoms with E-state index in [0.717, 1.165) is 25.4 Å². The van der Waals surface area contributed by atoms with Crippen LogP contribution in [0.5, 0.6) is 5.75 Å². The van der Waals surface area contributed by atoms with Gasteiger partial charge in [0.25, 0.3) is 5.91 Å². The van der Waals surface area contributed by atoms with Gasteiger partial charge in [-0.3, -0.25) is 9.69 Å². The normalized spacial score (nSPS) is 18.6. The first-order chi connectivity index (χ1) is 12.7. The van der Waals surface area contributed by atoms with Crippen molar-refractivity contribution in [1.82, 2.24) is 14.4 Å². The molecule has 26 heavy (non-hydrogen) atoms. The number of morpholine rings is 1. The number of benzene rings is 1. The van der Waals surface area contributed by atoms with Crippen LogP contribution in [0, 0.1) is 0 Å². The minimum Gasteiger partial charge on any atom is -0.488 e. The monoisotopic (exact) mass is 355 g/mol. The summed E-state index contributed by atoms with van der Waals surface area (Å²) in [6.07, 6.45) is 2.25. The highest BCUT2D eigenvalue weighted by Crippen LogP contribution is 2.22. The number of aromatic nitrogens is 1. The molecule has 2 fully saturated rings. The second kappa shape index (κ2) is 7.51. The van der Waals surface area contributed by atoms with E-state index in [1.807, 2.05) is 29.2 Å². The number of hydrogen-bond donors (Lipinski definition) is 0. The molecule has 6 heteroatoms. The minimum atomic E-state index is 0.0534. The molecule has 0 aliphatic carbocycles. The van der Waals surface area contributed by atoms with E-state index in [9.17, 15) is 4.79 Å². The molecule has 0 unspecified atom stereocenters. The van der Waals surface area contributed by atoms with Crippen LogP contribution < -0.4 is 4.74 Å². The van der Waals surface area contributed by atoms with Crippen LogP contribution in [-0.2, 0) is 18.3 Å². The quantitative estimate of drug-likeness (QED) is 0.820. The molecule has 0 saturated carbocycles. The molecule has 2 aliphatic rings. The molecule has 138 valence electrons. The van der Waals surface area contributed by atoms with Crippen molar-refractivity contribution >= 4 is 5.91 Å². The average Bonchev–Trinajstić information content (AvgIpc) is 3.05. The lowest BCUT2D eigenvalue weighted by Gasteiger charge is -2.39. The largest absolute Gasteiger partial charge is 0.488 e. The van der Waals surface area contributed by atoms with Crippen LogP contribution in [-0.4, -0.2) is 65.8 Å². The number of ether oxygens (including phenoxy) is 2. The van der Waals surface area contributed by atoms with Crippen molar-refractivity contribution in [2.75, 3.05) is 39.4 Å². The maximum atomic E-state index is 12.6. The van der Waals surface area contributed by atoms with Gasteiger partial charge in [0.05, 0.1) is 13.2 Å². The van der Waals surface area contributed by atoms with Gasteiger partial charge in [0.2, 0.25) is 0 Å². The Labute approximate surface area is 153 Å². The van der Waals surface area contributed by atoms with E-state index >= 15 is 0 Å². The summed E-state index contributed by atoms with van der Waals surface area (Å²) in [6.45, 7) is 5.29. The van der Waals surface area contributed by atoms with Crippen molar-refractivity contribution < 1.29 is 14.3 Å². The number of carbonyl (C=O) groups excluding carboxylic acids is 1. The minimum absolute atomic E-state index is 0.0534. The van der Waals surface area contributed by atoms with Gasteiger partial charge in [-0.1, -0.05) is 6.07 Å². The van der Waals surface area contributed by atoms with E-state index in [-0.39, 0.29) is 12.0 Å². The van der Waals surface area contributed by atoms with Gasteiger partial charge in [-0.15, -0.1) is 0 Å². The molecule has 2 aliphatic heterocycles. The lowest BCUT2D eigenvalue weighted by molar-refractivity contribution is 0.0131. The lowest BCUT2D eigenvalue weighted by Crippen LogP contribution is -2.53. The Morgan fingerprint density at radius 2 is 2.00 bits per heavy atom. The van der Waals surface area contributed by atoms with Gasteiger partial charge < -0.3 is 18.9 Å². The highest BCUT2D eigenvalue weighted by molar-refractivity contribution is 5.94. The fraction of sp³-hybridized carbons (Fsp3) is 0.450. The predicted molar refractivity (Wildman–Crippen MR) is 98.3 cm³/mol. The van der Waals surface area contributed by atoms with Gasteiger partial charge in [0, 0.05) is 57.2 Å². The molecule has 1 aromatic heterocycles. The summed E-state index contributed by atoms with van der Waals surface area (Å²) < 4.78 is 13.5. The molecule has 0 radical (unpaired) electrons. The molecule has 1 amide bonds. The second-order valence-electron chi connectivity index (χ2n) is 6.98. The fourth-order valence-corrected chi connectivity index (χ4v) is 3.46. The standard InChI is InChI=1S/C20H25N3O3/c1-21-7-3-5-17(21)13-22-14-19(15-22)26-18-6-2-4-16(12-18)20(24)23-8-10-25-11-9-23/h2-7,12,19H,8-11,13-15H2,1H3. The molecular weight excluding hydrogens is 330 g/mol. The molecule has 4 rings (SSSR count). The van der Waals surface area contributed by atoms with E-state index in [4.69, 9.17) is 9.47 Å². The van der Waals surface area contributed by atoms with Gasteiger partial charge in [-0.25, -0.2) is 0 Å². The molecule has 0 atom stereocenters. The number of aryl methyl sites for hydroxylation is 1.